The van der Waals surface area contributed by atoms with Crippen molar-refractivity contribution in [3.8, 4) is 5.75 Å². The van der Waals surface area contributed by atoms with Crippen LogP contribution >= 0.6 is 0 Å². The van der Waals surface area contributed by atoms with Gasteiger partial charge >= 0.3 is 6.03 Å². The SMILES string of the molecule is COc1ccccc1C[C@H](C)NC(=O)NCCCN1C[C@H](C)C[C@H](C)C1. The zero-order valence-electron chi connectivity index (χ0n) is 16.8. The average Bonchev–Trinajstić information content (AvgIpc) is 2.58. The zero-order valence-corrected chi connectivity index (χ0v) is 16.8. The van der Waals surface area contributed by atoms with E-state index in [1.165, 1.54) is 19.5 Å². The van der Waals surface area contributed by atoms with Crippen molar-refractivity contribution < 1.29 is 9.53 Å². The summed E-state index contributed by atoms with van der Waals surface area (Å²) in [5, 5.41) is 6.00. The summed E-state index contributed by atoms with van der Waals surface area (Å²) in [6.45, 7) is 10.8. The summed E-state index contributed by atoms with van der Waals surface area (Å²) in [4.78, 5) is 14.6. The van der Waals surface area contributed by atoms with E-state index in [0.717, 1.165) is 42.5 Å². The van der Waals surface area contributed by atoms with Gasteiger partial charge in [-0.2, -0.15) is 0 Å². The number of rotatable bonds is 8. The van der Waals surface area contributed by atoms with Crippen LogP contribution in [-0.4, -0.2) is 50.3 Å². The van der Waals surface area contributed by atoms with E-state index in [1.54, 1.807) is 7.11 Å². The molecule has 1 saturated heterocycles. The van der Waals surface area contributed by atoms with E-state index < -0.39 is 0 Å². The molecular formula is C21H35N3O2. The number of nitrogens with zero attached hydrogens (tertiary/aromatic N) is 1. The highest BCUT2D eigenvalue weighted by atomic mass is 16.5. The minimum Gasteiger partial charge on any atom is -0.496 e. The van der Waals surface area contributed by atoms with Crippen molar-refractivity contribution in [1.82, 2.24) is 15.5 Å². The summed E-state index contributed by atoms with van der Waals surface area (Å²) < 4.78 is 5.37. The largest absolute Gasteiger partial charge is 0.496 e. The molecule has 2 rings (SSSR count). The fourth-order valence-corrected chi connectivity index (χ4v) is 4.01. The number of ether oxygens (including phenoxy) is 1. The van der Waals surface area contributed by atoms with E-state index in [2.05, 4.69) is 29.4 Å². The van der Waals surface area contributed by atoms with E-state index in [0.29, 0.717) is 6.54 Å². The van der Waals surface area contributed by atoms with Crippen molar-refractivity contribution in [1.29, 1.82) is 0 Å². The molecule has 1 aromatic carbocycles. The number of hydrogen-bond acceptors (Lipinski definition) is 3. The Bertz CT molecular complexity index is 554. The quantitative estimate of drug-likeness (QED) is 0.699. The second-order valence-electron chi connectivity index (χ2n) is 7.88. The van der Waals surface area contributed by atoms with E-state index in [4.69, 9.17) is 4.74 Å². The molecule has 2 N–H and O–H groups in total. The predicted molar refractivity (Wildman–Crippen MR) is 107 cm³/mol. The fourth-order valence-electron chi connectivity index (χ4n) is 4.01. The lowest BCUT2D eigenvalue weighted by molar-refractivity contribution is 0.139. The van der Waals surface area contributed by atoms with Crippen LogP contribution in [0.15, 0.2) is 24.3 Å². The van der Waals surface area contributed by atoms with Crippen LogP contribution in [-0.2, 0) is 6.42 Å². The molecule has 2 amide bonds. The van der Waals surface area contributed by atoms with E-state index in [9.17, 15) is 4.79 Å². The topological polar surface area (TPSA) is 53.6 Å². The second-order valence-corrected chi connectivity index (χ2v) is 7.88. The molecule has 1 fully saturated rings. The number of carbonyl (C=O) groups excluding carboxylic acids is 1. The standard InChI is InChI=1S/C21H35N3O2/c1-16-12-17(2)15-24(14-16)11-7-10-22-21(25)23-18(3)13-19-8-5-6-9-20(19)26-4/h5-6,8-9,16-18H,7,10-15H2,1-4H3,(H2,22,23,25)/t16-,17+,18-/m0/s1. The second kappa shape index (κ2) is 10.4. The smallest absolute Gasteiger partial charge is 0.315 e. The molecule has 0 unspecified atom stereocenters. The number of methoxy groups -OCH3 is 1. The van der Waals surface area contributed by atoms with Gasteiger partial charge in [0.15, 0.2) is 0 Å². The molecule has 5 heteroatoms. The molecule has 0 radical (unpaired) electrons. The van der Waals surface area contributed by atoms with Crippen LogP contribution < -0.4 is 15.4 Å². The van der Waals surface area contributed by atoms with Crippen molar-refractivity contribution >= 4 is 6.03 Å². The van der Waals surface area contributed by atoms with E-state index in [1.807, 2.05) is 31.2 Å². The Balaban J connectivity index is 1.64. The summed E-state index contributed by atoms with van der Waals surface area (Å²) >= 11 is 0. The first-order chi connectivity index (χ1) is 12.5. The van der Waals surface area contributed by atoms with Gasteiger partial charge in [0, 0.05) is 25.7 Å². The van der Waals surface area contributed by atoms with E-state index in [-0.39, 0.29) is 12.1 Å². The Hall–Kier alpha value is -1.75. The molecule has 0 saturated carbocycles. The van der Waals surface area contributed by atoms with Crippen LogP contribution in [0.3, 0.4) is 0 Å². The summed E-state index contributed by atoms with van der Waals surface area (Å²) in [6.07, 6.45) is 3.08. The minimum atomic E-state index is -0.0900. The highest BCUT2D eigenvalue weighted by Crippen LogP contribution is 2.21. The Labute approximate surface area is 158 Å². The molecule has 5 nitrogen and oxygen atoms in total. The number of para-hydroxylation sites is 1. The number of hydrogen-bond donors (Lipinski definition) is 2. The summed E-state index contributed by atoms with van der Waals surface area (Å²) in [5.41, 5.74) is 1.11. The molecule has 1 aromatic rings. The van der Waals surface area contributed by atoms with Gasteiger partial charge in [0.05, 0.1) is 7.11 Å². The highest BCUT2D eigenvalue weighted by Gasteiger charge is 2.21. The normalized spacial score (nSPS) is 21.8. The Morgan fingerprint density at radius 1 is 1.27 bits per heavy atom. The predicted octanol–water partition coefficient (Wildman–Crippen LogP) is 3.29. The van der Waals surface area contributed by atoms with Crippen molar-refractivity contribution in [2.75, 3.05) is 33.3 Å². The van der Waals surface area contributed by atoms with Crippen LogP contribution in [0.2, 0.25) is 0 Å². The minimum absolute atomic E-state index is 0.0510. The van der Waals surface area contributed by atoms with Gasteiger partial charge in [0.25, 0.3) is 0 Å². The molecular weight excluding hydrogens is 326 g/mol. The van der Waals surface area contributed by atoms with Gasteiger partial charge in [0.2, 0.25) is 0 Å². The number of carbonyl (C=O) groups is 1. The molecule has 146 valence electrons. The fraction of sp³-hybridized carbons (Fsp3) is 0.667. The summed E-state index contributed by atoms with van der Waals surface area (Å²) in [6, 6.07) is 7.90. The molecule has 1 heterocycles. The van der Waals surface area contributed by atoms with Gasteiger partial charge in [-0.15, -0.1) is 0 Å². The average molecular weight is 362 g/mol. The van der Waals surface area contributed by atoms with Gasteiger partial charge < -0.3 is 20.3 Å². The number of likely N-dealkylation sites (tertiary alicyclic amines) is 1. The van der Waals surface area contributed by atoms with Gasteiger partial charge in [0.1, 0.15) is 5.75 Å². The monoisotopic (exact) mass is 361 g/mol. The maximum absolute atomic E-state index is 12.1. The number of piperidine rings is 1. The molecule has 0 bridgehead atoms. The third kappa shape index (κ3) is 6.87. The number of benzene rings is 1. The lowest BCUT2D eigenvalue weighted by atomic mass is 9.92. The molecule has 26 heavy (non-hydrogen) atoms. The first kappa shape index (κ1) is 20.6. The van der Waals surface area contributed by atoms with Gasteiger partial charge in [-0.1, -0.05) is 32.0 Å². The van der Waals surface area contributed by atoms with E-state index >= 15 is 0 Å². The Morgan fingerprint density at radius 2 is 1.96 bits per heavy atom. The van der Waals surface area contributed by atoms with Crippen molar-refractivity contribution in [3.63, 3.8) is 0 Å². The Kier molecular flexibility index (Phi) is 8.23. The Morgan fingerprint density at radius 3 is 2.65 bits per heavy atom. The van der Waals surface area contributed by atoms with Gasteiger partial charge in [-0.25, -0.2) is 4.79 Å². The number of amides is 2. The first-order valence-electron chi connectivity index (χ1n) is 9.86. The molecule has 0 spiro atoms. The maximum atomic E-state index is 12.1. The van der Waals surface area contributed by atoms with Crippen LogP contribution in [0.25, 0.3) is 0 Å². The number of urea groups is 1. The van der Waals surface area contributed by atoms with Crippen LogP contribution in [0, 0.1) is 11.8 Å². The third-order valence-corrected chi connectivity index (χ3v) is 4.98. The molecule has 0 aliphatic carbocycles. The summed E-state index contributed by atoms with van der Waals surface area (Å²) in [7, 11) is 1.67. The van der Waals surface area contributed by atoms with Crippen LogP contribution in [0.4, 0.5) is 4.79 Å². The van der Waals surface area contributed by atoms with Crippen LogP contribution in [0.1, 0.15) is 39.2 Å². The lowest BCUT2D eigenvalue weighted by Gasteiger charge is -2.34. The zero-order chi connectivity index (χ0) is 18.9. The molecule has 1 aliphatic rings. The van der Waals surface area contributed by atoms with Crippen LogP contribution in [0.5, 0.6) is 5.75 Å². The lowest BCUT2D eigenvalue weighted by Crippen LogP contribution is -2.43. The molecule has 1 aliphatic heterocycles. The summed E-state index contributed by atoms with van der Waals surface area (Å²) in [5.74, 6) is 2.43. The molecule has 0 aromatic heterocycles. The first-order valence-corrected chi connectivity index (χ1v) is 9.86. The molecule has 3 atom stereocenters. The third-order valence-electron chi connectivity index (χ3n) is 4.98. The van der Waals surface area contributed by atoms with Gasteiger partial charge in [-0.05, 0) is 56.2 Å². The maximum Gasteiger partial charge on any atom is 0.315 e. The van der Waals surface area contributed by atoms with Crippen molar-refractivity contribution in [2.45, 2.75) is 46.1 Å². The van der Waals surface area contributed by atoms with Crippen molar-refractivity contribution in [2.24, 2.45) is 11.8 Å². The highest BCUT2D eigenvalue weighted by molar-refractivity contribution is 5.74. The number of nitrogens with one attached hydrogen (secondary N) is 2. The van der Waals surface area contributed by atoms with Crippen molar-refractivity contribution in [3.05, 3.63) is 29.8 Å². The van der Waals surface area contributed by atoms with Gasteiger partial charge in [-0.3, -0.25) is 0 Å².